The van der Waals surface area contributed by atoms with Gasteiger partial charge in [-0.25, -0.2) is 0 Å². The molecular weight excluding hydrogens is 420 g/mol. The number of hydrogen-bond donors (Lipinski definition) is 1. The number of rotatable bonds is 6. The number of amides is 2. The average Bonchev–Trinajstić information content (AvgIpc) is 3.29. The van der Waals surface area contributed by atoms with Gasteiger partial charge in [-0.2, -0.15) is 0 Å². The van der Waals surface area contributed by atoms with Gasteiger partial charge in [0.25, 0.3) is 5.91 Å². The molecule has 0 aliphatic carbocycles. The first-order valence-electron chi connectivity index (χ1n) is 10.7. The molecule has 0 saturated heterocycles. The number of thiophene rings is 1. The summed E-state index contributed by atoms with van der Waals surface area (Å²) >= 11 is 1.55. The topological polar surface area (TPSA) is 66.5 Å². The van der Waals surface area contributed by atoms with Gasteiger partial charge in [-0.1, -0.05) is 50.2 Å². The second-order valence-corrected chi connectivity index (χ2v) is 9.48. The van der Waals surface area contributed by atoms with Crippen molar-refractivity contribution in [2.75, 3.05) is 11.9 Å². The van der Waals surface area contributed by atoms with E-state index in [4.69, 9.17) is 0 Å². The maximum atomic E-state index is 13.7. The third-order valence-electron chi connectivity index (χ3n) is 5.65. The van der Waals surface area contributed by atoms with Crippen LogP contribution in [0.2, 0.25) is 0 Å². The van der Waals surface area contributed by atoms with Crippen LogP contribution in [0.4, 0.5) is 5.69 Å². The van der Waals surface area contributed by atoms with Crippen LogP contribution in [0, 0.1) is 5.92 Å². The maximum absolute atomic E-state index is 13.7. The number of ketones is 1. The lowest BCUT2D eigenvalue weighted by atomic mass is 9.81. The molecule has 0 saturated carbocycles. The number of nitrogens with one attached hydrogen (secondary N) is 1. The highest BCUT2D eigenvalue weighted by atomic mass is 32.1. The Labute approximate surface area is 192 Å². The predicted octanol–water partition coefficient (Wildman–Crippen LogP) is 5.53. The average molecular weight is 447 g/mol. The van der Waals surface area contributed by atoms with E-state index in [1.54, 1.807) is 41.7 Å². The number of nitrogens with zero attached hydrogens (tertiary/aromatic N) is 1. The zero-order valence-electron chi connectivity index (χ0n) is 18.4. The van der Waals surface area contributed by atoms with Gasteiger partial charge >= 0.3 is 0 Å². The third-order valence-corrected chi connectivity index (χ3v) is 6.60. The highest BCUT2D eigenvalue weighted by molar-refractivity contribution is 7.10. The van der Waals surface area contributed by atoms with Crippen LogP contribution in [0.15, 0.2) is 66.0 Å². The first kappa shape index (κ1) is 22.0. The monoisotopic (exact) mass is 446 g/mol. The van der Waals surface area contributed by atoms with Gasteiger partial charge in [0, 0.05) is 28.2 Å². The van der Waals surface area contributed by atoms with E-state index in [-0.39, 0.29) is 23.5 Å². The van der Waals surface area contributed by atoms with Crippen molar-refractivity contribution in [2.45, 2.75) is 32.7 Å². The predicted molar refractivity (Wildman–Crippen MR) is 127 cm³/mol. The fourth-order valence-electron chi connectivity index (χ4n) is 4.28. The van der Waals surface area contributed by atoms with Crippen molar-refractivity contribution in [1.82, 2.24) is 4.90 Å². The number of hydrogen-bond acceptors (Lipinski definition) is 4. The van der Waals surface area contributed by atoms with E-state index in [1.165, 1.54) is 6.92 Å². The molecular formula is C26H26N2O3S. The first-order valence-corrected chi connectivity index (χ1v) is 11.6. The Morgan fingerprint density at radius 1 is 1.06 bits per heavy atom. The summed E-state index contributed by atoms with van der Waals surface area (Å²) in [4.78, 5) is 41.8. The number of fused-ring (bicyclic) bond motifs is 1. The van der Waals surface area contributed by atoms with E-state index in [9.17, 15) is 14.4 Å². The molecule has 3 aromatic rings. The summed E-state index contributed by atoms with van der Waals surface area (Å²) in [6.07, 6.45) is 0. The van der Waals surface area contributed by atoms with Crippen molar-refractivity contribution in [1.29, 1.82) is 0 Å². The van der Waals surface area contributed by atoms with Gasteiger partial charge < -0.3 is 10.2 Å². The van der Waals surface area contributed by atoms with Crippen LogP contribution in [0.5, 0.6) is 0 Å². The lowest BCUT2D eigenvalue weighted by molar-refractivity contribution is -0.119. The quantitative estimate of drug-likeness (QED) is 0.507. The summed E-state index contributed by atoms with van der Waals surface area (Å²) in [7, 11) is 0. The van der Waals surface area contributed by atoms with Crippen molar-refractivity contribution < 1.29 is 14.4 Å². The van der Waals surface area contributed by atoms with Gasteiger partial charge in [0.2, 0.25) is 5.91 Å². The number of benzene rings is 2. The van der Waals surface area contributed by atoms with Crippen molar-refractivity contribution in [2.24, 2.45) is 5.92 Å². The molecule has 1 N–H and O–H groups in total. The molecule has 0 radical (unpaired) electrons. The summed E-state index contributed by atoms with van der Waals surface area (Å²) in [5.74, 6) is -0.618. The van der Waals surface area contributed by atoms with E-state index in [1.807, 2.05) is 40.6 Å². The van der Waals surface area contributed by atoms with Gasteiger partial charge in [0.1, 0.15) is 0 Å². The molecule has 0 spiro atoms. The van der Waals surface area contributed by atoms with Crippen molar-refractivity contribution in [3.8, 4) is 0 Å². The minimum absolute atomic E-state index is 0.0460. The Morgan fingerprint density at radius 2 is 1.84 bits per heavy atom. The van der Waals surface area contributed by atoms with Gasteiger partial charge in [-0.15, -0.1) is 11.3 Å². The van der Waals surface area contributed by atoms with E-state index in [0.717, 1.165) is 10.4 Å². The van der Waals surface area contributed by atoms with Crippen LogP contribution in [-0.4, -0.2) is 29.0 Å². The van der Waals surface area contributed by atoms with Crippen LogP contribution in [0.3, 0.4) is 0 Å². The lowest BCUT2D eigenvalue weighted by Crippen LogP contribution is -2.47. The maximum Gasteiger partial charge on any atom is 0.254 e. The summed E-state index contributed by atoms with van der Waals surface area (Å²) in [6, 6.07) is 17.9. The van der Waals surface area contributed by atoms with Crippen molar-refractivity contribution in [3.63, 3.8) is 0 Å². The minimum Gasteiger partial charge on any atom is -0.329 e. The van der Waals surface area contributed by atoms with Crippen LogP contribution >= 0.6 is 11.3 Å². The van der Waals surface area contributed by atoms with Crippen LogP contribution < -0.4 is 5.32 Å². The van der Waals surface area contributed by atoms with Gasteiger partial charge in [0.15, 0.2) is 5.78 Å². The Balaban J connectivity index is 1.80. The Bertz CT molecular complexity index is 1150. The highest BCUT2D eigenvalue weighted by Gasteiger charge is 2.44. The molecule has 2 aromatic carbocycles. The SMILES string of the molecule is CC(=O)c1cccc(NC(=O)[C@H]2c3ccccc3C(=O)N(CC(C)C)[C@@H]2c2cccs2)c1. The Morgan fingerprint density at radius 3 is 2.53 bits per heavy atom. The van der Waals surface area contributed by atoms with Crippen LogP contribution in [0.1, 0.15) is 63.9 Å². The second-order valence-electron chi connectivity index (χ2n) is 8.50. The second kappa shape index (κ2) is 9.09. The van der Waals surface area contributed by atoms with Gasteiger partial charge in [-0.05, 0) is 48.1 Å². The minimum atomic E-state index is -0.567. The molecule has 1 aliphatic heterocycles. The fourth-order valence-corrected chi connectivity index (χ4v) is 5.16. The molecule has 2 heterocycles. The van der Waals surface area contributed by atoms with Gasteiger partial charge in [-0.3, -0.25) is 14.4 Å². The first-order chi connectivity index (χ1) is 15.4. The smallest absolute Gasteiger partial charge is 0.254 e. The molecule has 164 valence electrons. The number of carbonyl (C=O) groups is 3. The molecule has 5 nitrogen and oxygen atoms in total. The largest absolute Gasteiger partial charge is 0.329 e. The van der Waals surface area contributed by atoms with E-state index in [2.05, 4.69) is 19.2 Å². The summed E-state index contributed by atoms with van der Waals surface area (Å²) in [6.45, 7) is 6.20. The standard InChI is InChI=1S/C26H26N2O3S/c1-16(2)15-28-24(22-12-7-13-32-22)23(20-10-4-5-11-21(20)26(28)31)25(30)27-19-9-6-8-18(14-19)17(3)29/h4-14,16,23-24H,15H2,1-3H3,(H,27,30)/t23-,24+/m0/s1. The molecule has 1 aromatic heterocycles. The molecule has 0 unspecified atom stereocenters. The molecule has 2 amide bonds. The normalized spacial score (nSPS) is 17.9. The molecule has 2 atom stereocenters. The number of anilines is 1. The lowest BCUT2D eigenvalue weighted by Gasteiger charge is -2.42. The fraction of sp³-hybridized carbons (Fsp3) is 0.269. The molecule has 6 heteroatoms. The Hall–Kier alpha value is -3.25. The third kappa shape index (κ3) is 4.23. The van der Waals surface area contributed by atoms with E-state index >= 15 is 0 Å². The molecule has 32 heavy (non-hydrogen) atoms. The zero-order chi connectivity index (χ0) is 22.8. The highest BCUT2D eigenvalue weighted by Crippen LogP contribution is 2.45. The van der Waals surface area contributed by atoms with Crippen molar-refractivity contribution in [3.05, 3.63) is 87.6 Å². The molecule has 1 aliphatic rings. The summed E-state index contributed by atoms with van der Waals surface area (Å²) in [5, 5.41) is 4.98. The van der Waals surface area contributed by atoms with Crippen LogP contribution in [0.25, 0.3) is 0 Å². The van der Waals surface area contributed by atoms with E-state index < -0.39 is 12.0 Å². The Kier molecular flexibility index (Phi) is 6.24. The zero-order valence-corrected chi connectivity index (χ0v) is 19.2. The summed E-state index contributed by atoms with van der Waals surface area (Å²) in [5.41, 5.74) is 2.41. The number of Topliss-reactive ketones (excluding diaryl/α,β-unsaturated/α-hetero) is 1. The number of carbonyl (C=O) groups excluding carboxylic acids is 3. The molecule has 0 fully saturated rings. The van der Waals surface area contributed by atoms with Crippen molar-refractivity contribution >= 4 is 34.6 Å². The van der Waals surface area contributed by atoms with E-state index in [0.29, 0.717) is 23.4 Å². The molecule has 4 rings (SSSR count). The summed E-state index contributed by atoms with van der Waals surface area (Å²) < 4.78 is 0. The van der Waals surface area contributed by atoms with Crippen LogP contribution in [-0.2, 0) is 4.79 Å². The molecule has 0 bridgehead atoms. The van der Waals surface area contributed by atoms with Gasteiger partial charge in [0.05, 0.1) is 12.0 Å².